The molecule has 0 spiro atoms. The van der Waals surface area contributed by atoms with Crippen molar-refractivity contribution in [1.82, 2.24) is 19.6 Å². The largest absolute Gasteiger partial charge is 0.419 e. The number of nitrogens with one attached hydrogen (secondary N) is 1. The topological polar surface area (TPSA) is 124 Å². The number of nitrogen functional groups attached to an aromatic ring is 1. The fourth-order valence-electron chi connectivity index (χ4n) is 2.28. The van der Waals surface area contributed by atoms with Gasteiger partial charge < -0.3 is 16.8 Å². The number of carbonyl (C=O) groups excluding carboxylic acids is 1. The minimum Gasteiger partial charge on any atom is -0.383 e. The summed E-state index contributed by atoms with van der Waals surface area (Å²) in [6.07, 6.45) is -1.82. The van der Waals surface area contributed by atoms with Crippen LogP contribution in [0.1, 0.15) is 12.0 Å². The van der Waals surface area contributed by atoms with Crippen LogP contribution < -0.4 is 16.8 Å². The molecule has 0 fully saturated rings. The molecule has 0 unspecified atom stereocenters. The third kappa shape index (κ3) is 3.57. The summed E-state index contributed by atoms with van der Waals surface area (Å²) in [6, 6.07) is 3.95. The number of nitrogens with zero attached hydrogens (tertiary/aromatic N) is 4. The Kier molecular flexibility index (Phi) is 4.47. The molecular weight excluding hydrogens is 351 g/mol. The molecule has 3 heterocycles. The molecule has 0 aliphatic heterocycles. The van der Waals surface area contributed by atoms with E-state index in [1.807, 2.05) is 0 Å². The van der Waals surface area contributed by atoms with Gasteiger partial charge in [0.2, 0.25) is 5.91 Å². The van der Waals surface area contributed by atoms with Gasteiger partial charge in [-0.05, 0) is 18.2 Å². The molecule has 136 valence electrons. The molecule has 0 saturated carbocycles. The minimum atomic E-state index is -4.62. The first-order valence-electron chi connectivity index (χ1n) is 7.47. The lowest BCUT2D eigenvalue weighted by atomic mass is 10.1. The number of alkyl halides is 3. The van der Waals surface area contributed by atoms with E-state index in [1.54, 1.807) is 6.07 Å². The molecule has 8 nitrogen and oxygen atoms in total. The van der Waals surface area contributed by atoms with E-state index in [4.69, 9.17) is 11.5 Å². The Labute approximate surface area is 145 Å². The predicted molar refractivity (Wildman–Crippen MR) is 87.9 cm³/mol. The van der Waals surface area contributed by atoms with Crippen molar-refractivity contribution in [3.63, 3.8) is 0 Å². The highest BCUT2D eigenvalue weighted by Crippen LogP contribution is 2.34. The normalized spacial score (nSPS) is 11.7. The van der Waals surface area contributed by atoms with Crippen molar-refractivity contribution in [1.29, 1.82) is 0 Å². The zero-order valence-electron chi connectivity index (χ0n) is 13.3. The molecule has 3 aromatic heterocycles. The van der Waals surface area contributed by atoms with E-state index in [0.29, 0.717) is 5.65 Å². The van der Waals surface area contributed by atoms with Crippen LogP contribution in [-0.4, -0.2) is 32.0 Å². The van der Waals surface area contributed by atoms with Crippen LogP contribution in [-0.2, 0) is 11.0 Å². The zero-order chi connectivity index (χ0) is 18.9. The van der Waals surface area contributed by atoms with Gasteiger partial charge in [-0.15, -0.1) is 0 Å². The van der Waals surface area contributed by atoms with Crippen LogP contribution in [0.25, 0.3) is 16.9 Å². The highest BCUT2D eigenvalue weighted by atomic mass is 19.4. The maximum absolute atomic E-state index is 13.0. The average Bonchev–Trinajstić information content (AvgIpc) is 2.95. The second kappa shape index (κ2) is 6.59. The maximum Gasteiger partial charge on any atom is 0.419 e. The molecule has 0 aliphatic rings. The van der Waals surface area contributed by atoms with Crippen LogP contribution in [0.2, 0.25) is 0 Å². The molecule has 5 N–H and O–H groups in total. The standard InChI is InChI=1S/C15H14F3N7O/c16-15(17,18)9-5-8(6-21-14(9)20)10-1-2-12-22-11(7-25(12)24-10)23-13(26)3-4-19/h1-2,5-7H,3-4,19H2,(H2,20,21)(H,23,26). The zero-order valence-corrected chi connectivity index (χ0v) is 13.3. The summed E-state index contributed by atoms with van der Waals surface area (Å²) in [5.74, 6) is -0.636. The average molecular weight is 365 g/mol. The number of hydrogen-bond acceptors (Lipinski definition) is 6. The number of nitrogens with two attached hydrogens (primary N) is 2. The van der Waals surface area contributed by atoms with E-state index in [0.717, 1.165) is 6.07 Å². The molecule has 0 aromatic carbocycles. The maximum atomic E-state index is 13.0. The van der Waals surface area contributed by atoms with Crippen molar-refractivity contribution in [2.45, 2.75) is 12.6 Å². The summed E-state index contributed by atoms with van der Waals surface area (Å²) in [7, 11) is 0. The number of imidazole rings is 1. The molecule has 0 radical (unpaired) electrons. The SMILES string of the molecule is NCCC(=O)Nc1cn2nc(-c3cnc(N)c(C(F)(F)F)c3)ccc2n1. The molecule has 0 aliphatic carbocycles. The molecule has 3 rings (SSSR count). The van der Waals surface area contributed by atoms with Gasteiger partial charge in [0.05, 0.1) is 17.5 Å². The van der Waals surface area contributed by atoms with Gasteiger partial charge >= 0.3 is 6.18 Å². The second-order valence-corrected chi connectivity index (χ2v) is 5.39. The van der Waals surface area contributed by atoms with E-state index in [-0.39, 0.29) is 35.9 Å². The molecule has 1 amide bonds. The van der Waals surface area contributed by atoms with Crippen LogP contribution in [0.5, 0.6) is 0 Å². The van der Waals surface area contributed by atoms with Gasteiger partial charge in [0.25, 0.3) is 0 Å². The summed E-state index contributed by atoms with van der Waals surface area (Å²) in [6.45, 7) is 0.202. The van der Waals surface area contributed by atoms with Gasteiger partial charge in [-0.2, -0.15) is 18.3 Å². The monoisotopic (exact) mass is 365 g/mol. The fraction of sp³-hybridized carbons (Fsp3) is 0.200. The third-order valence-corrected chi connectivity index (χ3v) is 3.48. The lowest BCUT2D eigenvalue weighted by molar-refractivity contribution is -0.137. The van der Waals surface area contributed by atoms with Crippen LogP contribution in [0, 0.1) is 0 Å². The van der Waals surface area contributed by atoms with Crippen molar-refractivity contribution in [3.05, 3.63) is 36.2 Å². The third-order valence-electron chi connectivity index (χ3n) is 3.48. The Hall–Kier alpha value is -3.21. The van der Waals surface area contributed by atoms with Crippen molar-refractivity contribution < 1.29 is 18.0 Å². The second-order valence-electron chi connectivity index (χ2n) is 5.39. The number of amides is 1. The number of pyridine rings is 1. The van der Waals surface area contributed by atoms with Gasteiger partial charge in [0.15, 0.2) is 11.5 Å². The van der Waals surface area contributed by atoms with Crippen LogP contribution in [0.4, 0.5) is 24.8 Å². The lowest BCUT2D eigenvalue weighted by Gasteiger charge is -2.10. The van der Waals surface area contributed by atoms with Gasteiger partial charge in [0.1, 0.15) is 5.82 Å². The number of halogens is 3. The van der Waals surface area contributed by atoms with Crippen LogP contribution >= 0.6 is 0 Å². The van der Waals surface area contributed by atoms with E-state index >= 15 is 0 Å². The molecule has 11 heteroatoms. The summed E-state index contributed by atoms with van der Waals surface area (Å²) in [4.78, 5) is 19.3. The Bertz CT molecular complexity index is 968. The summed E-state index contributed by atoms with van der Waals surface area (Å²) < 4.78 is 40.3. The van der Waals surface area contributed by atoms with Gasteiger partial charge in [-0.3, -0.25) is 4.79 Å². The minimum absolute atomic E-state index is 0.143. The number of fused-ring (bicyclic) bond motifs is 1. The van der Waals surface area contributed by atoms with E-state index in [9.17, 15) is 18.0 Å². The number of aromatic nitrogens is 4. The number of anilines is 2. The van der Waals surface area contributed by atoms with E-state index < -0.39 is 17.6 Å². The molecule has 0 saturated heterocycles. The smallest absolute Gasteiger partial charge is 0.383 e. The first-order valence-corrected chi connectivity index (χ1v) is 7.47. The summed E-state index contributed by atoms with van der Waals surface area (Å²) >= 11 is 0. The predicted octanol–water partition coefficient (Wildman–Crippen LogP) is 1.68. The van der Waals surface area contributed by atoms with Crippen molar-refractivity contribution >= 4 is 23.2 Å². The van der Waals surface area contributed by atoms with Crippen LogP contribution in [0.3, 0.4) is 0 Å². The number of hydrogen-bond donors (Lipinski definition) is 3. The van der Waals surface area contributed by atoms with Crippen LogP contribution in [0.15, 0.2) is 30.6 Å². The Morgan fingerprint density at radius 1 is 1.31 bits per heavy atom. The summed E-state index contributed by atoms with van der Waals surface area (Å²) in [5.41, 5.74) is 10.4. The Morgan fingerprint density at radius 3 is 2.77 bits per heavy atom. The van der Waals surface area contributed by atoms with Gasteiger partial charge in [-0.1, -0.05) is 0 Å². The van der Waals surface area contributed by atoms with Gasteiger partial charge in [0, 0.05) is 24.7 Å². The first-order chi connectivity index (χ1) is 12.3. The highest BCUT2D eigenvalue weighted by molar-refractivity contribution is 5.90. The first kappa shape index (κ1) is 17.6. The van der Waals surface area contributed by atoms with Crippen molar-refractivity contribution in [2.75, 3.05) is 17.6 Å². The van der Waals surface area contributed by atoms with Gasteiger partial charge in [-0.25, -0.2) is 14.5 Å². The van der Waals surface area contributed by atoms with E-state index in [1.165, 1.54) is 23.0 Å². The summed E-state index contributed by atoms with van der Waals surface area (Å²) in [5, 5.41) is 6.76. The molecule has 3 aromatic rings. The quantitative estimate of drug-likeness (QED) is 0.646. The molecular formula is C15H14F3N7O. The van der Waals surface area contributed by atoms with Crippen molar-refractivity contribution in [3.8, 4) is 11.3 Å². The molecule has 0 atom stereocenters. The Balaban J connectivity index is 1.95. The number of carbonyl (C=O) groups is 1. The lowest BCUT2D eigenvalue weighted by Crippen LogP contribution is -2.16. The Morgan fingerprint density at radius 2 is 2.08 bits per heavy atom. The molecule has 26 heavy (non-hydrogen) atoms. The number of rotatable bonds is 4. The fourth-order valence-corrected chi connectivity index (χ4v) is 2.28. The molecule has 0 bridgehead atoms. The van der Waals surface area contributed by atoms with E-state index in [2.05, 4.69) is 20.4 Å². The highest BCUT2D eigenvalue weighted by Gasteiger charge is 2.34. The van der Waals surface area contributed by atoms with Crippen molar-refractivity contribution in [2.24, 2.45) is 5.73 Å².